The Bertz CT molecular complexity index is 434. The molecule has 2 rings (SSSR count). The molecule has 1 aliphatic heterocycles. The average Bonchev–Trinajstić information content (AvgIpc) is 2.45. The fourth-order valence-corrected chi connectivity index (χ4v) is 2.54. The molecule has 0 saturated carbocycles. The number of anilines is 1. The van der Waals surface area contributed by atoms with E-state index in [9.17, 15) is 4.79 Å². The molecule has 1 aromatic rings. The molecule has 1 heterocycles. The highest BCUT2D eigenvalue weighted by atomic mass is 16.4. The lowest BCUT2D eigenvalue weighted by atomic mass is 10.1. The lowest BCUT2D eigenvalue weighted by Crippen LogP contribution is -2.39. The van der Waals surface area contributed by atoms with Gasteiger partial charge in [0.25, 0.3) is 0 Å². The van der Waals surface area contributed by atoms with Crippen LogP contribution in [0.4, 0.5) is 5.69 Å². The Morgan fingerprint density at radius 3 is 2.89 bits per heavy atom. The van der Waals surface area contributed by atoms with Gasteiger partial charge in [-0.2, -0.15) is 0 Å². The molecule has 1 N–H and O–H groups in total. The molecule has 0 aromatic heterocycles. The highest BCUT2D eigenvalue weighted by molar-refractivity contribution is 5.66. The molecular weight excluding hydrogens is 228 g/mol. The molecule has 98 valence electrons. The number of carboxylic acids is 1. The van der Waals surface area contributed by atoms with Crippen LogP contribution in [-0.4, -0.2) is 42.2 Å². The van der Waals surface area contributed by atoms with E-state index in [2.05, 4.69) is 35.9 Å². The van der Waals surface area contributed by atoms with Gasteiger partial charge in [0, 0.05) is 38.4 Å². The highest BCUT2D eigenvalue weighted by Crippen LogP contribution is 2.25. The number of nitrogens with zero attached hydrogens (tertiary/aromatic N) is 2. The van der Waals surface area contributed by atoms with Crippen LogP contribution in [0, 0.1) is 0 Å². The minimum Gasteiger partial charge on any atom is -0.481 e. The van der Waals surface area contributed by atoms with E-state index < -0.39 is 5.97 Å². The van der Waals surface area contributed by atoms with Crippen LogP contribution in [0.1, 0.15) is 18.9 Å². The third-order valence-corrected chi connectivity index (χ3v) is 3.55. The number of para-hydroxylation sites is 1. The predicted molar refractivity (Wildman–Crippen MR) is 71.8 cm³/mol. The lowest BCUT2D eigenvalue weighted by molar-refractivity contribution is -0.137. The number of benzene rings is 1. The fourth-order valence-electron chi connectivity index (χ4n) is 2.54. The molecule has 18 heavy (non-hydrogen) atoms. The molecule has 0 fully saturated rings. The average molecular weight is 248 g/mol. The summed E-state index contributed by atoms with van der Waals surface area (Å²) in [5.41, 5.74) is 2.52. The van der Waals surface area contributed by atoms with Crippen LogP contribution in [-0.2, 0) is 11.3 Å². The lowest BCUT2D eigenvalue weighted by Gasteiger charge is -2.27. The summed E-state index contributed by atoms with van der Waals surface area (Å²) in [6.07, 6.45) is 0.205. The molecule has 1 aromatic carbocycles. The zero-order valence-corrected chi connectivity index (χ0v) is 11.0. The van der Waals surface area contributed by atoms with Crippen LogP contribution in [0.25, 0.3) is 0 Å². The molecule has 0 aliphatic carbocycles. The number of rotatable bonds is 3. The summed E-state index contributed by atoms with van der Waals surface area (Å²) in [7, 11) is 2.09. The van der Waals surface area contributed by atoms with Crippen LogP contribution in [0.15, 0.2) is 24.3 Å². The maximum Gasteiger partial charge on any atom is 0.304 e. The molecule has 1 aliphatic rings. The van der Waals surface area contributed by atoms with E-state index in [0.29, 0.717) is 12.6 Å². The molecule has 0 amide bonds. The fraction of sp³-hybridized carbons (Fsp3) is 0.500. The van der Waals surface area contributed by atoms with Crippen molar-refractivity contribution in [2.24, 2.45) is 0 Å². The van der Waals surface area contributed by atoms with Gasteiger partial charge in [-0.25, -0.2) is 0 Å². The van der Waals surface area contributed by atoms with Crippen LogP contribution in [0.3, 0.4) is 0 Å². The van der Waals surface area contributed by atoms with E-state index >= 15 is 0 Å². The number of hydrogen-bond donors (Lipinski definition) is 1. The van der Waals surface area contributed by atoms with E-state index in [4.69, 9.17) is 5.11 Å². The Hall–Kier alpha value is -1.55. The first-order valence-corrected chi connectivity index (χ1v) is 6.33. The highest BCUT2D eigenvalue weighted by Gasteiger charge is 2.23. The molecular formula is C14H20N2O2. The van der Waals surface area contributed by atoms with Crippen molar-refractivity contribution < 1.29 is 9.90 Å². The van der Waals surface area contributed by atoms with Crippen LogP contribution >= 0.6 is 0 Å². The van der Waals surface area contributed by atoms with Crippen LogP contribution < -0.4 is 4.90 Å². The summed E-state index contributed by atoms with van der Waals surface area (Å²) < 4.78 is 0. The third-order valence-electron chi connectivity index (χ3n) is 3.55. The first-order valence-electron chi connectivity index (χ1n) is 6.33. The molecule has 0 unspecified atom stereocenters. The summed E-state index contributed by atoms with van der Waals surface area (Å²) in [6.45, 7) is 4.52. The molecule has 0 radical (unpaired) electrons. The minimum atomic E-state index is -0.729. The largest absolute Gasteiger partial charge is 0.481 e. The first kappa shape index (κ1) is 12.9. The van der Waals surface area contributed by atoms with Crippen LogP contribution in [0.5, 0.6) is 0 Å². The SMILES string of the molecule is C[C@H]1CN(C)c2ccccc2CN1CCC(=O)O. The number of likely N-dealkylation sites (N-methyl/N-ethyl adjacent to an activating group) is 1. The summed E-state index contributed by atoms with van der Waals surface area (Å²) in [4.78, 5) is 15.2. The number of carboxylic acid groups (broad SMARTS) is 1. The number of fused-ring (bicyclic) bond motifs is 1. The van der Waals surface area contributed by atoms with Gasteiger partial charge in [-0.1, -0.05) is 18.2 Å². The molecule has 1 atom stereocenters. The topological polar surface area (TPSA) is 43.8 Å². The van der Waals surface area contributed by atoms with E-state index in [1.54, 1.807) is 0 Å². The Kier molecular flexibility index (Phi) is 3.87. The summed E-state index contributed by atoms with van der Waals surface area (Å²) in [5.74, 6) is -0.729. The zero-order valence-electron chi connectivity index (χ0n) is 11.0. The van der Waals surface area contributed by atoms with Gasteiger partial charge in [-0.15, -0.1) is 0 Å². The van der Waals surface area contributed by atoms with Gasteiger partial charge >= 0.3 is 5.97 Å². The molecule has 0 spiro atoms. The molecule has 0 saturated heterocycles. The monoisotopic (exact) mass is 248 g/mol. The van der Waals surface area contributed by atoms with Crippen molar-refractivity contribution in [2.45, 2.75) is 25.9 Å². The van der Waals surface area contributed by atoms with Crippen molar-refractivity contribution in [1.82, 2.24) is 4.90 Å². The Morgan fingerprint density at radius 2 is 2.17 bits per heavy atom. The first-order chi connectivity index (χ1) is 8.58. The second-order valence-electron chi connectivity index (χ2n) is 4.97. The molecule has 0 bridgehead atoms. The van der Waals surface area contributed by atoms with Gasteiger partial charge in [-0.3, -0.25) is 9.69 Å². The number of aliphatic carboxylic acids is 1. The molecule has 4 heteroatoms. The summed E-state index contributed by atoms with van der Waals surface area (Å²) in [6, 6.07) is 8.70. The standard InChI is InChI=1S/C14H20N2O2/c1-11-9-15(2)13-6-4-3-5-12(13)10-16(11)8-7-14(17)18/h3-6,11H,7-10H2,1-2H3,(H,17,18)/t11-/m0/s1. The van der Waals surface area contributed by atoms with E-state index in [1.165, 1.54) is 11.3 Å². The van der Waals surface area contributed by atoms with Gasteiger partial charge in [-0.05, 0) is 18.6 Å². The third kappa shape index (κ3) is 2.82. The van der Waals surface area contributed by atoms with Crippen molar-refractivity contribution in [3.63, 3.8) is 0 Å². The Balaban J connectivity index is 2.17. The van der Waals surface area contributed by atoms with Crippen molar-refractivity contribution in [3.05, 3.63) is 29.8 Å². The zero-order chi connectivity index (χ0) is 13.1. The van der Waals surface area contributed by atoms with E-state index in [0.717, 1.165) is 13.1 Å². The second-order valence-corrected chi connectivity index (χ2v) is 4.97. The van der Waals surface area contributed by atoms with Gasteiger partial charge in [0.05, 0.1) is 6.42 Å². The van der Waals surface area contributed by atoms with Crippen molar-refractivity contribution in [3.8, 4) is 0 Å². The van der Waals surface area contributed by atoms with Crippen molar-refractivity contribution >= 4 is 11.7 Å². The quantitative estimate of drug-likeness (QED) is 0.886. The Labute approximate surface area is 108 Å². The predicted octanol–water partition coefficient (Wildman–Crippen LogP) is 1.80. The summed E-state index contributed by atoms with van der Waals surface area (Å²) >= 11 is 0. The van der Waals surface area contributed by atoms with Gasteiger partial charge < -0.3 is 10.0 Å². The maximum atomic E-state index is 10.7. The number of hydrogen-bond acceptors (Lipinski definition) is 3. The van der Waals surface area contributed by atoms with Crippen LogP contribution in [0.2, 0.25) is 0 Å². The Morgan fingerprint density at radius 1 is 1.44 bits per heavy atom. The smallest absolute Gasteiger partial charge is 0.304 e. The minimum absolute atomic E-state index is 0.205. The maximum absolute atomic E-state index is 10.7. The van der Waals surface area contributed by atoms with Gasteiger partial charge in [0.2, 0.25) is 0 Å². The summed E-state index contributed by atoms with van der Waals surface area (Å²) in [5, 5.41) is 8.81. The normalized spacial score (nSPS) is 20.3. The van der Waals surface area contributed by atoms with E-state index in [1.807, 2.05) is 12.1 Å². The van der Waals surface area contributed by atoms with Crippen molar-refractivity contribution in [2.75, 3.05) is 25.0 Å². The van der Waals surface area contributed by atoms with E-state index in [-0.39, 0.29) is 6.42 Å². The number of carbonyl (C=O) groups is 1. The van der Waals surface area contributed by atoms with Gasteiger partial charge in [0.1, 0.15) is 0 Å². The molecule has 4 nitrogen and oxygen atoms in total. The second kappa shape index (κ2) is 5.40. The van der Waals surface area contributed by atoms with Gasteiger partial charge in [0.15, 0.2) is 0 Å². The van der Waals surface area contributed by atoms with Crippen molar-refractivity contribution in [1.29, 1.82) is 0 Å².